The van der Waals surface area contributed by atoms with Crippen LogP contribution >= 0.6 is 0 Å². The number of aromatic hydroxyl groups is 1. The normalized spacial score (nSPS) is 20.0. The second-order valence-corrected chi connectivity index (χ2v) is 10.8. The van der Waals surface area contributed by atoms with Crippen molar-refractivity contribution < 1.29 is 24.5 Å². The zero-order chi connectivity index (χ0) is 28.2. The third-order valence-corrected chi connectivity index (χ3v) is 7.51. The number of allylic oxidation sites excluding steroid dienone is 1. The van der Waals surface area contributed by atoms with E-state index in [2.05, 4.69) is 16.8 Å². The van der Waals surface area contributed by atoms with Crippen LogP contribution in [0.3, 0.4) is 0 Å². The largest absolute Gasteiger partial charge is 0.504 e. The molecule has 1 aromatic rings. The molecule has 3 rings (SSSR count). The highest BCUT2D eigenvalue weighted by molar-refractivity contribution is 5.90. The number of guanidine groups is 1. The maximum absolute atomic E-state index is 12.8. The first-order valence-corrected chi connectivity index (χ1v) is 14.3. The molecule has 2 aliphatic rings. The molecule has 6 N–H and O–H groups in total. The fourth-order valence-corrected chi connectivity index (χ4v) is 5.54. The molecule has 39 heavy (non-hydrogen) atoms. The van der Waals surface area contributed by atoms with Gasteiger partial charge in [0.05, 0.1) is 18.8 Å². The topological polar surface area (TPSA) is 140 Å². The summed E-state index contributed by atoms with van der Waals surface area (Å²) in [6, 6.07) is 1.74. The Morgan fingerprint density at radius 3 is 2.64 bits per heavy atom. The fourth-order valence-electron chi connectivity index (χ4n) is 5.54. The number of phenols is 1. The number of benzene rings is 1. The van der Waals surface area contributed by atoms with Crippen LogP contribution in [-0.4, -0.2) is 54.4 Å². The number of aliphatic imine (C=N–C) groups is 1. The summed E-state index contributed by atoms with van der Waals surface area (Å²) in [7, 11) is 1.68. The van der Waals surface area contributed by atoms with E-state index in [1.165, 1.54) is 0 Å². The van der Waals surface area contributed by atoms with Crippen LogP contribution in [0.4, 0.5) is 0 Å². The average Bonchev–Trinajstić information content (AvgIpc) is 3.42. The quantitative estimate of drug-likeness (QED) is 0.137. The number of nitrogens with zero attached hydrogens (tertiary/aromatic N) is 1. The van der Waals surface area contributed by atoms with E-state index in [0.717, 1.165) is 67.2 Å². The van der Waals surface area contributed by atoms with Crippen molar-refractivity contribution >= 4 is 11.7 Å². The van der Waals surface area contributed by atoms with Crippen molar-refractivity contribution in [2.24, 2.45) is 22.4 Å². The maximum atomic E-state index is 12.8. The average molecular weight is 540 g/mol. The van der Waals surface area contributed by atoms with Crippen LogP contribution in [0.25, 0.3) is 0 Å². The van der Waals surface area contributed by atoms with Gasteiger partial charge in [-0.1, -0.05) is 25.2 Å². The molecule has 0 radical (unpaired) electrons. The van der Waals surface area contributed by atoms with Gasteiger partial charge < -0.3 is 31.2 Å². The summed E-state index contributed by atoms with van der Waals surface area (Å²) in [5.74, 6) is 7.27. The van der Waals surface area contributed by atoms with E-state index in [1.807, 2.05) is 13.0 Å². The molecule has 0 spiro atoms. The van der Waals surface area contributed by atoms with E-state index in [0.29, 0.717) is 38.0 Å². The Hall–Kier alpha value is -3.02. The Kier molecular flexibility index (Phi) is 12.2. The van der Waals surface area contributed by atoms with Crippen LogP contribution in [0, 0.1) is 17.8 Å². The molecule has 1 fully saturated rings. The maximum Gasteiger partial charge on any atom is 0.186 e. The number of phenolic OH excluding ortho intramolecular Hbond substituents is 1. The van der Waals surface area contributed by atoms with Crippen LogP contribution < -0.4 is 16.2 Å². The van der Waals surface area contributed by atoms with Gasteiger partial charge in [-0.05, 0) is 87.0 Å². The van der Waals surface area contributed by atoms with Gasteiger partial charge in [0, 0.05) is 37.7 Å². The number of methoxy groups -OCH3 is 1. The summed E-state index contributed by atoms with van der Waals surface area (Å²) in [4.78, 5) is 17.2. The molecule has 0 saturated heterocycles. The number of hydrogen-bond acceptors (Lipinski definition) is 6. The van der Waals surface area contributed by atoms with Gasteiger partial charge >= 0.3 is 0 Å². The predicted octanol–water partition coefficient (Wildman–Crippen LogP) is 3.92. The third kappa shape index (κ3) is 9.29. The smallest absolute Gasteiger partial charge is 0.186 e. The van der Waals surface area contributed by atoms with Gasteiger partial charge in [-0.3, -0.25) is 4.79 Å². The van der Waals surface area contributed by atoms with Crippen molar-refractivity contribution in [1.82, 2.24) is 0 Å². The van der Waals surface area contributed by atoms with E-state index < -0.39 is 0 Å². The Morgan fingerprint density at radius 2 is 1.97 bits per heavy atom. The Bertz CT molecular complexity index is 1090. The van der Waals surface area contributed by atoms with Gasteiger partial charge in [0.15, 0.2) is 23.2 Å². The minimum atomic E-state index is -0.118. The van der Waals surface area contributed by atoms with Crippen LogP contribution in [0.1, 0.15) is 87.8 Å². The number of aryl methyl sites for hydroxylation is 1. The summed E-state index contributed by atoms with van der Waals surface area (Å²) in [5, 5.41) is 21.0. The minimum absolute atomic E-state index is 0.0366. The monoisotopic (exact) mass is 539 g/mol. The number of nitrogens with two attached hydrogens (primary N) is 2. The number of carbonyl (C=O) groups is 1. The number of carbonyl (C=O) groups excluding carboxylic acids is 1. The molecule has 1 aromatic carbocycles. The summed E-state index contributed by atoms with van der Waals surface area (Å²) in [6.07, 6.45) is 10.7. The van der Waals surface area contributed by atoms with Crippen molar-refractivity contribution in [2.75, 3.05) is 20.3 Å². The van der Waals surface area contributed by atoms with E-state index in [-0.39, 0.29) is 48.6 Å². The predicted molar refractivity (Wildman–Crippen MR) is 154 cm³/mol. The lowest BCUT2D eigenvalue weighted by Crippen LogP contribution is -2.26. The lowest BCUT2D eigenvalue weighted by atomic mass is 9.86. The van der Waals surface area contributed by atoms with Crippen molar-refractivity contribution in [3.8, 4) is 23.3 Å². The van der Waals surface area contributed by atoms with E-state index in [4.69, 9.17) is 20.9 Å². The van der Waals surface area contributed by atoms with Crippen LogP contribution in [0.2, 0.25) is 0 Å². The lowest BCUT2D eigenvalue weighted by molar-refractivity contribution is -0.114. The van der Waals surface area contributed by atoms with Gasteiger partial charge in [-0.2, -0.15) is 0 Å². The molecule has 0 aliphatic heterocycles. The molecule has 0 unspecified atom stereocenters. The van der Waals surface area contributed by atoms with E-state index >= 15 is 0 Å². The molecular weight excluding hydrogens is 494 g/mol. The first-order valence-electron chi connectivity index (χ1n) is 14.3. The zero-order valence-electron chi connectivity index (χ0n) is 23.5. The first kappa shape index (κ1) is 30.5. The Balaban J connectivity index is 2.03. The van der Waals surface area contributed by atoms with E-state index in [1.54, 1.807) is 13.2 Å². The van der Waals surface area contributed by atoms with Crippen molar-refractivity contribution in [2.45, 2.75) is 96.1 Å². The number of ether oxygens (including phenoxy) is 2. The second-order valence-electron chi connectivity index (χ2n) is 10.8. The molecule has 8 heteroatoms. The molecule has 0 aromatic heterocycles. The molecule has 2 atom stereocenters. The molecule has 0 amide bonds. The number of hydrogen-bond donors (Lipinski definition) is 4. The van der Waals surface area contributed by atoms with E-state index in [9.17, 15) is 15.0 Å². The Morgan fingerprint density at radius 1 is 1.21 bits per heavy atom. The van der Waals surface area contributed by atoms with Gasteiger partial charge in [-0.25, -0.2) is 4.99 Å². The number of aliphatic hydroxyl groups is 1. The van der Waals surface area contributed by atoms with Gasteiger partial charge in [0.2, 0.25) is 0 Å². The first-order chi connectivity index (χ1) is 18.8. The number of aliphatic hydroxyl groups excluding tert-OH is 1. The number of rotatable bonds is 12. The van der Waals surface area contributed by atoms with Crippen LogP contribution in [0.15, 0.2) is 22.7 Å². The molecule has 0 heterocycles. The fraction of sp³-hybridized carbons (Fsp3) is 0.613. The van der Waals surface area contributed by atoms with Gasteiger partial charge in [0.1, 0.15) is 0 Å². The summed E-state index contributed by atoms with van der Waals surface area (Å²) >= 11 is 0. The Labute approximate surface area is 232 Å². The van der Waals surface area contributed by atoms with Gasteiger partial charge in [0.25, 0.3) is 0 Å². The SMILES string of the molecule is CCC/C(=C/C(=O)CCc1cc(OC2CCCC2)c(O)c2c1C#CC[C@H](N=C(N)N)CC[C@H](COC)C2)CO. The second kappa shape index (κ2) is 15.5. The molecule has 8 nitrogen and oxygen atoms in total. The van der Waals surface area contributed by atoms with Crippen molar-refractivity contribution in [1.29, 1.82) is 0 Å². The minimum Gasteiger partial charge on any atom is -0.504 e. The van der Waals surface area contributed by atoms with Crippen LogP contribution in [0.5, 0.6) is 11.5 Å². The molecule has 1 saturated carbocycles. The third-order valence-electron chi connectivity index (χ3n) is 7.51. The molecular formula is C31H45N3O5. The standard InChI is InChI=1S/C31H45N3O5/c1-3-7-21(19-35)16-25(36)15-13-23-18-29(39-26-9-4-5-10-26)30(37)28-17-22(20-38-2)12-14-24(34-31(32)33)8-6-11-27(23)28/h16,18,22,24,26,35,37H,3-5,7-10,12-15,17,19-20H2,1-2H3,(H4,32,33,34)/b21-16-/t22-,24-/m0/s1. The number of fused-ring (bicyclic) bond motifs is 1. The van der Waals surface area contributed by atoms with Crippen molar-refractivity contribution in [3.63, 3.8) is 0 Å². The highest BCUT2D eigenvalue weighted by Crippen LogP contribution is 2.40. The number of ketones is 1. The highest BCUT2D eigenvalue weighted by atomic mass is 16.5. The summed E-state index contributed by atoms with van der Waals surface area (Å²) in [5.41, 5.74) is 14.4. The molecule has 0 bridgehead atoms. The molecule has 214 valence electrons. The summed E-state index contributed by atoms with van der Waals surface area (Å²) < 4.78 is 11.8. The zero-order valence-corrected chi connectivity index (χ0v) is 23.5. The summed E-state index contributed by atoms with van der Waals surface area (Å²) in [6.45, 7) is 2.43. The highest BCUT2D eigenvalue weighted by Gasteiger charge is 2.25. The van der Waals surface area contributed by atoms with Gasteiger partial charge in [-0.15, -0.1) is 0 Å². The van der Waals surface area contributed by atoms with Crippen molar-refractivity contribution in [3.05, 3.63) is 34.4 Å². The van der Waals surface area contributed by atoms with Crippen LogP contribution in [-0.2, 0) is 22.4 Å². The lowest BCUT2D eigenvalue weighted by Gasteiger charge is -2.24. The molecule has 2 aliphatic carbocycles.